The summed E-state index contributed by atoms with van der Waals surface area (Å²) in [6.07, 6.45) is 2.07. The Balaban J connectivity index is 1.86. The van der Waals surface area contributed by atoms with Gasteiger partial charge in [-0.3, -0.25) is 9.59 Å². The van der Waals surface area contributed by atoms with Crippen LogP contribution in [-0.4, -0.2) is 29.8 Å². The van der Waals surface area contributed by atoms with Gasteiger partial charge in [0, 0.05) is 13.1 Å². The van der Waals surface area contributed by atoms with Crippen molar-refractivity contribution in [1.29, 1.82) is 0 Å². The van der Waals surface area contributed by atoms with Gasteiger partial charge in [0.1, 0.15) is 5.70 Å². The Bertz CT molecular complexity index is 1060. The van der Waals surface area contributed by atoms with Crippen LogP contribution in [0.3, 0.4) is 0 Å². The molecule has 2 aromatic carbocycles. The van der Waals surface area contributed by atoms with E-state index in [1.54, 1.807) is 0 Å². The SMILES string of the molecule is Cc1ccc(C)c(N2C(=O)C(c3ccc(C)c(C)c3)=C(N3CCC(C)CC3)C2=O)c1. The Kier molecular flexibility index (Phi) is 5.27. The summed E-state index contributed by atoms with van der Waals surface area (Å²) in [6.45, 7) is 11.9. The number of hydrogen-bond donors (Lipinski definition) is 0. The van der Waals surface area contributed by atoms with Gasteiger partial charge in [0.05, 0.1) is 11.3 Å². The molecule has 0 unspecified atom stereocenters. The van der Waals surface area contributed by atoms with Gasteiger partial charge < -0.3 is 4.90 Å². The Morgan fingerprint density at radius 2 is 1.47 bits per heavy atom. The standard InChI is InChI=1S/C26H30N2O2/c1-16-10-12-27(13-11-16)24-23(21-9-8-18(3)20(5)15-21)25(29)28(26(24)30)22-14-17(2)6-7-19(22)4/h6-9,14-16H,10-13H2,1-5H3. The Morgan fingerprint density at radius 3 is 2.13 bits per heavy atom. The van der Waals surface area contributed by atoms with Crippen molar-refractivity contribution >= 4 is 23.1 Å². The number of carbonyl (C=O) groups is 2. The van der Waals surface area contributed by atoms with Crippen molar-refractivity contribution in [2.45, 2.75) is 47.5 Å². The highest BCUT2D eigenvalue weighted by molar-refractivity contribution is 6.45. The van der Waals surface area contributed by atoms with Gasteiger partial charge >= 0.3 is 0 Å². The van der Waals surface area contributed by atoms with Crippen molar-refractivity contribution in [2.75, 3.05) is 18.0 Å². The summed E-state index contributed by atoms with van der Waals surface area (Å²) in [5.74, 6) is 0.233. The van der Waals surface area contributed by atoms with Crippen LogP contribution >= 0.6 is 0 Å². The van der Waals surface area contributed by atoms with E-state index < -0.39 is 0 Å². The van der Waals surface area contributed by atoms with E-state index in [1.165, 1.54) is 10.5 Å². The molecule has 0 spiro atoms. The molecule has 4 heteroatoms. The van der Waals surface area contributed by atoms with Crippen LogP contribution in [0.2, 0.25) is 0 Å². The molecule has 2 aromatic rings. The van der Waals surface area contributed by atoms with E-state index >= 15 is 0 Å². The smallest absolute Gasteiger partial charge is 0.282 e. The summed E-state index contributed by atoms with van der Waals surface area (Å²) in [5, 5.41) is 0. The van der Waals surface area contributed by atoms with E-state index in [4.69, 9.17) is 0 Å². The molecule has 4 nitrogen and oxygen atoms in total. The second-order valence-corrected chi connectivity index (χ2v) is 8.93. The van der Waals surface area contributed by atoms with Crippen molar-refractivity contribution in [3.05, 3.63) is 69.9 Å². The molecule has 0 bridgehead atoms. The summed E-state index contributed by atoms with van der Waals surface area (Å²) < 4.78 is 0. The quantitative estimate of drug-likeness (QED) is 0.683. The molecule has 1 saturated heterocycles. The zero-order chi connectivity index (χ0) is 21.6. The molecular weight excluding hydrogens is 372 g/mol. The number of benzene rings is 2. The molecule has 0 atom stereocenters. The van der Waals surface area contributed by atoms with Gasteiger partial charge in [-0.15, -0.1) is 0 Å². The average molecular weight is 403 g/mol. The molecule has 0 N–H and O–H groups in total. The second kappa shape index (κ2) is 7.75. The van der Waals surface area contributed by atoms with Gasteiger partial charge in [0.2, 0.25) is 0 Å². The van der Waals surface area contributed by atoms with Gasteiger partial charge in [-0.05, 0) is 80.3 Å². The first-order valence-electron chi connectivity index (χ1n) is 10.8. The van der Waals surface area contributed by atoms with Crippen LogP contribution in [0, 0.1) is 33.6 Å². The molecule has 2 aliphatic heterocycles. The number of imide groups is 1. The highest BCUT2D eigenvalue weighted by atomic mass is 16.2. The predicted molar refractivity (Wildman–Crippen MR) is 121 cm³/mol. The molecule has 2 aliphatic rings. The van der Waals surface area contributed by atoms with Crippen molar-refractivity contribution in [3.63, 3.8) is 0 Å². The first kappa shape index (κ1) is 20.4. The fraction of sp³-hybridized carbons (Fsp3) is 0.385. The first-order chi connectivity index (χ1) is 14.3. The van der Waals surface area contributed by atoms with Crippen LogP contribution in [0.5, 0.6) is 0 Å². The largest absolute Gasteiger partial charge is 0.366 e. The minimum Gasteiger partial charge on any atom is -0.366 e. The molecule has 4 rings (SSSR count). The zero-order valence-electron chi connectivity index (χ0n) is 18.6. The summed E-state index contributed by atoms with van der Waals surface area (Å²) in [6, 6.07) is 12.0. The number of carbonyl (C=O) groups excluding carboxylic acids is 2. The lowest BCUT2D eigenvalue weighted by Crippen LogP contribution is -2.38. The first-order valence-corrected chi connectivity index (χ1v) is 10.8. The number of rotatable bonds is 3. The van der Waals surface area contributed by atoms with Crippen LogP contribution < -0.4 is 4.90 Å². The number of anilines is 1. The Hall–Kier alpha value is -2.88. The summed E-state index contributed by atoms with van der Waals surface area (Å²) >= 11 is 0. The molecule has 2 amide bonds. The molecule has 0 saturated carbocycles. The van der Waals surface area contributed by atoms with Crippen molar-refractivity contribution in [1.82, 2.24) is 4.90 Å². The monoisotopic (exact) mass is 402 g/mol. The van der Waals surface area contributed by atoms with Gasteiger partial charge in [-0.25, -0.2) is 4.90 Å². The molecule has 30 heavy (non-hydrogen) atoms. The molecule has 0 aromatic heterocycles. The number of piperidine rings is 1. The van der Waals surface area contributed by atoms with Crippen LogP contribution in [0.15, 0.2) is 42.1 Å². The van der Waals surface area contributed by atoms with Crippen molar-refractivity contribution in [3.8, 4) is 0 Å². The normalized spacial score (nSPS) is 18.0. The molecule has 2 heterocycles. The minimum absolute atomic E-state index is 0.198. The third-order valence-electron chi connectivity index (χ3n) is 6.56. The predicted octanol–water partition coefficient (Wildman–Crippen LogP) is 4.94. The number of nitrogens with zero attached hydrogens (tertiary/aromatic N) is 2. The summed E-state index contributed by atoms with van der Waals surface area (Å²) in [5.41, 5.74) is 6.88. The highest BCUT2D eigenvalue weighted by Gasteiger charge is 2.43. The fourth-order valence-electron chi connectivity index (χ4n) is 4.38. The van der Waals surface area contributed by atoms with Gasteiger partial charge in [0.25, 0.3) is 11.8 Å². The Morgan fingerprint density at radius 1 is 0.800 bits per heavy atom. The third-order valence-corrected chi connectivity index (χ3v) is 6.56. The maximum absolute atomic E-state index is 13.7. The van der Waals surface area contributed by atoms with Gasteiger partial charge in [-0.2, -0.15) is 0 Å². The molecule has 156 valence electrons. The molecule has 0 aliphatic carbocycles. The third kappa shape index (κ3) is 3.45. The van der Waals surface area contributed by atoms with E-state index in [0.717, 1.165) is 48.2 Å². The number of aryl methyl sites for hydroxylation is 4. The Labute approximate surface area is 179 Å². The van der Waals surface area contributed by atoms with Gasteiger partial charge in [-0.1, -0.05) is 37.3 Å². The zero-order valence-corrected chi connectivity index (χ0v) is 18.6. The van der Waals surface area contributed by atoms with Crippen LogP contribution in [0.1, 0.15) is 47.6 Å². The van der Waals surface area contributed by atoms with Gasteiger partial charge in [0.15, 0.2) is 0 Å². The second-order valence-electron chi connectivity index (χ2n) is 8.93. The van der Waals surface area contributed by atoms with Crippen molar-refractivity contribution in [2.24, 2.45) is 5.92 Å². The lowest BCUT2D eigenvalue weighted by Gasteiger charge is -2.32. The van der Waals surface area contributed by atoms with Crippen molar-refractivity contribution < 1.29 is 9.59 Å². The maximum atomic E-state index is 13.7. The summed E-state index contributed by atoms with van der Waals surface area (Å²) in [4.78, 5) is 30.9. The highest BCUT2D eigenvalue weighted by Crippen LogP contribution is 2.38. The van der Waals surface area contributed by atoms with E-state index in [-0.39, 0.29) is 11.8 Å². The lowest BCUT2D eigenvalue weighted by atomic mass is 9.96. The van der Waals surface area contributed by atoms with E-state index in [9.17, 15) is 9.59 Å². The number of hydrogen-bond acceptors (Lipinski definition) is 3. The van der Waals surface area contributed by atoms with E-state index in [0.29, 0.717) is 22.9 Å². The maximum Gasteiger partial charge on any atom is 0.282 e. The molecular formula is C26H30N2O2. The number of likely N-dealkylation sites (tertiary alicyclic amines) is 1. The fourth-order valence-corrected chi connectivity index (χ4v) is 4.38. The number of amides is 2. The van der Waals surface area contributed by atoms with E-state index in [1.807, 2.05) is 57.2 Å². The minimum atomic E-state index is -0.217. The molecule has 0 radical (unpaired) electrons. The van der Waals surface area contributed by atoms with Crippen LogP contribution in [0.25, 0.3) is 5.57 Å². The lowest BCUT2D eigenvalue weighted by molar-refractivity contribution is -0.120. The average Bonchev–Trinajstić information content (AvgIpc) is 2.97. The van der Waals surface area contributed by atoms with Crippen LogP contribution in [-0.2, 0) is 9.59 Å². The van der Waals surface area contributed by atoms with Crippen LogP contribution in [0.4, 0.5) is 5.69 Å². The van der Waals surface area contributed by atoms with E-state index in [2.05, 4.69) is 18.7 Å². The topological polar surface area (TPSA) is 40.6 Å². The molecule has 1 fully saturated rings. The summed E-state index contributed by atoms with van der Waals surface area (Å²) in [7, 11) is 0.